The van der Waals surface area contributed by atoms with Crippen molar-refractivity contribution in [2.75, 3.05) is 19.8 Å². The predicted octanol–water partition coefficient (Wildman–Crippen LogP) is 0.515. The number of aromatic nitrogens is 1. The summed E-state index contributed by atoms with van der Waals surface area (Å²) < 4.78 is 5.30. The van der Waals surface area contributed by atoms with Crippen molar-refractivity contribution in [2.24, 2.45) is 11.7 Å². The van der Waals surface area contributed by atoms with E-state index in [9.17, 15) is 0 Å². The molecule has 1 saturated heterocycles. The molecule has 2 heterocycles. The third kappa shape index (κ3) is 2.98. The van der Waals surface area contributed by atoms with Crippen molar-refractivity contribution in [3.63, 3.8) is 0 Å². The Bertz CT molecular complexity index is 315. The topological polar surface area (TPSA) is 60.2 Å². The average molecular weight is 227 g/mol. The number of aryl methyl sites for hydroxylation is 1. The molecule has 1 aromatic rings. The summed E-state index contributed by atoms with van der Waals surface area (Å²) in [6.45, 7) is 5.24. The second-order valence-electron chi connectivity index (χ2n) is 3.95. The van der Waals surface area contributed by atoms with Crippen LogP contribution in [-0.4, -0.2) is 30.8 Å². The molecule has 0 amide bonds. The predicted molar refractivity (Wildman–Crippen MR) is 60.8 cm³/mol. The van der Waals surface area contributed by atoms with E-state index in [1.807, 2.05) is 6.92 Å². The van der Waals surface area contributed by atoms with Gasteiger partial charge in [-0.3, -0.25) is 0 Å². The van der Waals surface area contributed by atoms with Crippen molar-refractivity contribution in [3.8, 4) is 0 Å². The molecule has 1 aromatic heterocycles. The first-order valence-corrected chi connectivity index (χ1v) is 6.08. The molecular formula is C10H17N3OS. The van der Waals surface area contributed by atoms with E-state index in [1.165, 1.54) is 0 Å². The maximum atomic E-state index is 5.88. The van der Waals surface area contributed by atoms with Gasteiger partial charge in [-0.2, -0.15) is 0 Å². The molecule has 0 radical (unpaired) electrons. The molecular weight excluding hydrogens is 210 g/mol. The lowest BCUT2D eigenvalue weighted by molar-refractivity contribution is 0.183. The van der Waals surface area contributed by atoms with E-state index in [2.05, 4.69) is 15.7 Å². The number of rotatable bonds is 4. The zero-order chi connectivity index (χ0) is 10.7. The van der Waals surface area contributed by atoms with Gasteiger partial charge < -0.3 is 15.8 Å². The molecule has 0 aromatic carbocycles. The number of nitrogens with zero attached hydrogens (tertiary/aromatic N) is 1. The lowest BCUT2D eigenvalue weighted by Gasteiger charge is -2.13. The Morgan fingerprint density at radius 2 is 2.53 bits per heavy atom. The Hall–Kier alpha value is -0.490. The van der Waals surface area contributed by atoms with Crippen LogP contribution in [0.2, 0.25) is 0 Å². The van der Waals surface area contributed by atoms with Crippen LogP contribution in [0.5, 0.6) is 0 Å². The third-order valence-corrected chi connectivity index (χ3v) is 3.45. The third-order valence-electron chi connectivity index (χ3n) is 2.63. The molecule has 0 aliphatic carbocycles. The SMILES string of the molecule is Cc1nc(CNCC2COCC2N)cs1. The minimum absolute atomic E-state index is 0.190. The van der Waals surface area contributed by atoms with Crippen molar-refractivity contribution in [3.05, 3.63) is 16.1 Å². The van der Waals surface area contributed by atoms with Crippen LogP contribution in [0, 0.1) is 12.8 Å². The largest absolute Gasteiger partial charge is 0.379 e. The second kappa shape index (κ2) is 5.03. The number of hydrogen-bond donors (Lipinski definition) is 2. The van der Waals surface area contributed by atoms with Gasteiger partial charge in [-0.05, 0) is 6.92 Å². The van der Waals surface area contributed by atoms with Gasteiger partial charge in [0.1, 0.15) is 0 Å². The second-order valence-corrected chi connectivity index (χ2v) is 5.01. The van der Waals surface area contributed by atoms with Gasteiger partial charge in [0.15, 0.2) is 0 Å². The molecule has 2 atom stereocenters. The Kier molecular flexibility index (Phi) is 3.69. The average Bonchev–Trinajstić information content (AvgIpc) is 2.77. The van der Waals surface area contributed by atoms with Crippen LogP contribution in [0.15, 0.2) is 5.38 Å². The fourth-order valence-electron chi connectivity index (χ4n) is 1.70. The van der Waals surface area contributed by atoms with Gasteiger partial charge in [0.05, 0.1) is 23.9 Å². The first-order chi connectivity index (χ1) is 7.25. The molecule has 84 valence electrons. The van der Waals surface area contributed by atoms with Crippen LogP contribution in [-0.2, 0) is 11.3 Å². The minimum Gasteiger partial charge on any atom is -0.379 e. The van der Waals surface area contributed by atoms with Crippen LogP contribution in [0.25, 0.3) is 0 Å². The lowest BCUT2D eigenvalue weighted by atomic mass is 10.1. The molecule has 15 heavy (non-hydrogen) atoms. The van der Waals surface area contributed by atoms with Crippen molar-refractivity contribution in [1.82, 2.24) is 10.3 Å². The van der Waals surface area contributed by atoms with Gasteiger partial charge in [-0.1, -0.05) is 0 Å². The summed E-state index contributed by atoms with van der Waals surface area (Å²) in [6.07, 6.45) is 0. The summed E-state index contributed by atoms with van der Waals surface area (Å²) in [5.74, 6) is 0.449. The molecule has 2 rings (SSSR count). The van der Waals surface area contributed by atoms with Gasteiger partial charge in [0.2, 0.25) is 0 Å². The Morgan fingerprint density at radius 1 is 1.67 bits per heavy atom. The summed E-state index contributed by atoms with van der Waals surface area (Å²) in [7, 11) is 0. The molecule has 3 N–H and O–H groups in total. The normalized spacial score (nSPS) is 26.0. The van der Waals surface area contributed by atoms with Crippen LogP contribution < -0.4 is 11.1 Å². The highest BCUT2D eigenvalue weighted by Crippen LogP contribution is 2.11. The summed E-state index contributed by atoms with van der Waals surface area (Å²) in [5, 5.41) is 6.58. The Morgan fingerprint density at radius 3 is 3.13 bits per heavy atom. The van der Waals surface area contributed by atoms with E-state index in [0.29, 0.717) is 12.5 Å². The van der Waals surface area contributed by atoms with Crippen LogP contribution in [0.3, 0.4) is 0 Å². The van der Waals surface area contributed by atoms with Crippen molar-refractivity contribution >= 4 is 11.3 Å². The van der Waals surface area contributed by atoms with Crippen molar-refractivity contribution < 1.29 is 4.74 Å². The van der Waals surface area contributed by atoms with Gasteiger partial charge in [0.25, 0.3) is 0 Å². The summed E-state index contributed by atoms with van der Waals surface area (Å²) >= 11 is 1.69. The van der Waals surface area contributed by atoms with Gasteiger partial charge in [0, 0.05) is 30.4 Å². The summed E-state index contributed by atoms with van der Waals surface area (Å²) in [6, 6.07) is 0.190. The van der Waals surface area contributed by atoms with E-state index < -0.39 is 0 Å². The monoisotopic (exact) mass is 227 g/mol. The highest BCUT2D eigenvalue weighted by Gasteiger charge is 2.23. The maximum absolute atomic E-state index is 5.88. The molecule has 0 spiro atoms. The maximum Gasteiger partial charge on any atom is 0.0897 e. The molecule has 5 heteroatoms. The molecule has 1 aliphatic rings. The molecule has 4 nitrogen and oxygen atoms in total. The Balaban J connectivity index is 1.70. The van der Waals surface area contributed by atoms with E-state index in [1.54, 1.807) is 11.3 Å². The summed E-state index contributed by atoms with van der Waals surface area (Å²) in [5.41, 5.74) is 7.00. The first-order valence-electron chi connectivity index (χ1n) is 5.21. The highest BCUT2D eigenvalue weighted by atomic mass is 32.1. The number of ether oxygens (including phenoxy) is 1. The van der Waals surface area contributed by atoms with Crippen molar-refractivity contribution in [2.45, 2.75) is 19.5 Å². The minimum atomic E-state index is 0.190. The number of nitrogens with one attached hydrogen (secondary N) is 1. The van der Waals surface area contributed by atoms with E-state index >= 15 is 0 Å². The zero-order valence-electron chi connectivity index (χ0n) is 8.90. The van der Waals surface area contributed by atoms with E-state index in [-0.39, 0.29) is 6.04 Å². The van der Waals surface area contributed by atoms with Gasteiger partial charge in [-0.25, -0.2) is 4.98 Å². The standard InChI is InChI=1S/C10H17N3OS/c1-7-13-9(6-15-7)3-12-2-8-4-14-5-10(8)11/h6,8,10,12H,2-5,11H2,1H3. The molecule has 2 unspecified atom stereocenters. The summed E-state index contributed by atoms with van der Waals surface area (Å²) in [4.78, 5) is 4.39. The Labute approximate surface area is 93.8 Å². The van der Waals surface area contributed by atoms with Crippen LogP contribution >= 0.6 is 11.3 Å². The first kappa shape index (κ1) is 11.0. The van der Waals surface area contributed by atoms with Crippen LogP contribution in [0.1, 0.15) is 10.7 Å². The van der Waals surface area contributed by atoms with E-state index in [0.717, 1.165) is 30.4 Å². The molecule has 1 fully saturated rings. The molecule has 0 saturated carbocycles. The highest BCUT2D eigenvalue weighted by molar-refractivity contribution is 7.09. The zero-order valence-corrected chi connectivity index (χ0v) is 9.72. The number of thiazole rings is 1. The van der Waals surface area contributed by atoms with Crippen molar-refractivity contribution in [1.29, 1.82) is 0 Å². The molecule has 1 aliphatic heterocycles. The fourth-order valence-corrected chi connectivity index (χ4v) is 2.31. The number of nitrogens with two attached hydrogens (primary N) is 1. The van der Waals surface area contributed by atoms with Crippen LogP contribution in [0.4, 0.5) is 0 Å². The number of hydrogen-bond acceptors (Lipinski definition) is 5. The van der Waals surface area contributed by atoms with Gasteiger partial charge in [-0.15, -0.1) is 11.3 Å². The van der Waals surface area contributed by atoms with E-state index in [4.69, 9.17) is 10.5 Å². The molecule has 0 bridgehead atoms. The fraction of sp³-hybridized carbons (Fsp3) is 0.700. The quantitative estimate of drug-likeness (QED) is 0.787. The smallest absolute Gasteiger partial charge is 0.0897 e. The lowest BCUT2D eigenvalue weighted by Crippen LogP contribution is -2.35. The van der Waals surface area contributed by atoms with Gasteiger partial charge >= 0.3 is 0 Å².